The van der Waals surface area contributed by atoms with Gasteiger partial charge in [0.25, 0.3) is 5.91 Å². The standard InChI is InChI=1S/C26H22BrClN2O3/c1-16-5-4-6-18(9-16)15-33-25-22(27)11-19(12-24(25)32-3)10-20(14-29)26(31)30-21-8-7-17(2)23(28)13-21/h4-13H,15H2,1-3H3,(H,30,31)/b20-10-. The Hall–Kier alpha value is -3.27. The number of nitrogens with zero attached hydrogens (tertiary/aromatic N) is 1. The molecule has 0 spiro atoms. The molecule has 7 heteroatoms. The first kappa shape index (κ1) is 24.4. The minimum absolute atomic E-state index is 0.0610. The SMILES string of the molecule is COc1cc(/C=C(/C#N)C(=O)Nc2ccc(C)c(Cl)c2)cc(Br)c1OCc1cccc(C)c1. The maximum atomic E-state index is 12.6. The first-order chi connectivity index (χ1) is 15.8. The third kappa shape index (κ3) is 6.38. The summed E-state index contributed by atoms with van der Waals surface area (Å²) in [7, 11) is 1.54. The van der Waals surface area contributed by atoms with Gasteiger partial charge in [0.15, 0.2) is 11.5 Å². The zero-order chi connectivity index (χ0) is 24.0. The molecular formula is C26H22BrClN2O3. The molecule has 3 aromatic carbocycles. The maximum Gasteiger partial charge on any atom is 0.266 e. The minimum atomic E-state index is -0.535. The van der Waals surface area contributed by atoms with Crippen molar-refractivity contribution >= 4 is 45.2 Å². The molecule has 1 N–H and O–H groups in total. The topological polar surface area (TPSA) is 71.3 Å². The highest BCUT2D eigenvalue weighted by atomic mass is 79.9. The van der Waals surface area contributed by atoms with Crippen LogP contribution < -0.4 is 14.8 Å². The molecule has 0 fully saturated rings. The van der Waals surface area contributed by atoms with E-state index in [-0.39, 0.29) is 5.57 Å². The van der Waals surface area contributed by atoms with Crippen LogP contribution in [0.15, 0.2) is 64.6 Å². The second-order valence-corrected chi connectivity index (χ2v) is 8.66. The molecule has 0 aliphatic heterocycles. The largest absolute Gasteiger partial charge is 0.493 e. The Kier molecular flexibility index (Phi) is 8.16. The van der Waals surface area contributed by atoms with Crippen LogP contribution >= 0.6 is 27.5 Å². The Morgan fingerprint density at radius 3 is 2.64 bits per heavy atom. The smallest absolute Gasteiger partial charge is 0.266 e. The van der Waals surface area contributed by atoms with Gasteiger partial charge >= 0.3 is 0 Å². The molecule has 1 amide bonds. The Balaban J connectivity index is 1.82. The van der Waals surface area contributed by atoms with Crippen molar-refractivity contribution in [2.75, 3.05) is 12.4 Å². The summed E-state index contributed by atoms with van der Waals surface area (Å²) in [5.74, 6) is 0.479. The van der Waals surface area contributed by atoms with Crippen molar-refractivity contribution in [3.05, 3.63) is 91.9 Å². The van der Waals surface area contributed by atoms with Crippen LogP contribution in [0, 0.1) is 25.2 Å². The van der Waals surface area contributed by atoms with E-state index in [4.69, 9.17) is 21.1 Å². The molecule has 0 aliphatic carbocycles. The van der Waals surface area contributed by atoms with E-state index in [9.17, 15) is 10.1 Å². The van der Waals surface area contributed by atoms with Crippen molar-refractivity contribution in [3.63, 3.8) is 0 Å². The summed E-state index contributed by atoms with van der Waals surface area (Å²) in [5, 5.41) is 12.8. The van der Waals surface area contributed by atoms with Crippen molar-refractivity contribution < 1.29 is 14.3 Å². The number of anilines is 1. The third-order valence-electron chi connectivity index (χ3n) is 4.82. The van der Waals surface area contributed by atoms with Crippen molar-refractivity contribution in [2.45, 2.75) is 20.5 Å². The number of hydrogen-bond acceptors (Lipinski definition) is 4. The number of benzene rings is 3. The highest BCUT2D eigenvalue weighted by Gasteiger charge is 2.15. The van der Waals surface area contributed by atoms with Crippen LogP contribution in [0.5, 0.6) is 11.5 Å². The van der Waals surface area contributed by atoms with Crippen LogP contribution in [0.2, 0.25) is 5.02 Å². The molecule has 0 unspecified atom stereocenters. The molecule has 0 atom stereocenters. The summed E-state index contributed by atoms with van der Waals surface area (Å²) in [6.45, 7) is 4.27. The van der Waals surface area contributed by atoms with E-state index in [1.165, 1.54) is 13.2 Å². The minimum Gasteiger partial charge on any atom is -0.493 e. The van der Waals surface area contributed by atoms with Gasteiger partial charge in [-0.05, 0) is 76.8 Å². The second-order valence-electron chi connectivity index (χ2n) is 7.40. The van der Waals surface area contributed by atoms with Gasteiger partial charge in [0, 0.05) is 10.7 Å². The first-order valence-electron chi connectivity index (χ1n) is 10.1. The number of rotatable bonds is 7. The van der Waals surface area contributed by atoms with Crippen LogP contribution in [0.25, 0.3) is 6.08 Å². The molecule has 3 rings (SSSR count). The highest BCUT2D eigenvalue weighted by molar-refractivity contribution is 9.10. The summed E-state index contributed by atoms with van der Waals surface area (Å²) in [6.07, 6.45) is 1.49. The monoisotopic (exact) mass is 524 g/mol. The van der Waals surface area contributed by atoms with Gasteiger partial charge in [-0.1, -0.05) is 47.5 Å². The van der Waals surface area contributed by atoms with Gasteiger partial charge in [0.05, 0.1) is 11.6 Å². The number of methoxy groups -OCH3 is 1. The lowest BCUT2D eigenvalue weighted by Crippen LogP contribution is -2.13. The van der Waals surface area contributed by atoms with Crippen molar-refractivity contribution in [3.8, 4) is 17.6 Å². The quantitative estimate of drug-likeness (QED) is 0.270. The van der Waals surface area contributed by atoms with Gasteiger partial charge in [0.1, 0.15) is 18.2 Å². The molecule has 168 valence electrons. The van der Waals surface area contributed by atoms with Crippen LogP contribution in [-0.2, 0) is 11.4 Å². The number of nitriles is 1. The fourth-order valence-corrected chi connectivity index (χ4v) is 3.86. The van der Waals surface area contributed by atoms with Crippen LogP contribution in [-0.4, -0.2) is 13.0 Å². The summed E-state index contributed by atoms with van der Waals surface area (Å²) >= 11 is 9.63. The normalized spacial score (nSPS) is 11.0. The van der Waals surface area contributed by atoms with Crippen LogP contribution in [0.1, 0.15) is 22.3 Å². The number of carbonyl (C=O) groups is 1. The number of amides is 1. The molecule has 3 aromatic rings. The third-order valence-corrected chi connectivity index (χ3v) is 5.82. The summed E-state index contributed by atoms with van der Waals surface area (Å²) in [4.78, 5) is 12.6. The fourth-order valence-electron chi connectivity index (χ4n) is 3.10. The van der Waals surface area contributed by atoms with Gasteiger partial charge in [-0.2, -0.15) is 5.26 Å². The molecule has 0 saturated carbocycles. The maximum absolute atomic E-state index is 12.6. The number of halogens is 2. The first-order valence-corrected chi connectivity index (χ1v) is 11.2. The second kappa shape index (κ2) is 11.0. The van der Waals surface area contributed by atoms with E-state index >= 15 is 0 Å². The Morgan fingerprint density at radius 2 is 1.97 bits per heavy atom. The zero-order valence-corrected chi connectivity index (χ0v) is 20.8. The lowest BCUT2D eigenvalue weighted by Gasteiger charge is -2.14. The fraction of sp³-hybridized carbons (Fsp3) is 0.154. The Labute approximate surface area is 206 Å². The van der Waals surface area contributed by atoms with Gasteiger partial charge in [-0.25, -0.2) is 0 Å². The molecule has 33 heavy (non-hydrogen) atoms. The molecular weight excluding hydrogens is 504 g/mol. The molecule has 0 saturated heterocycles. The number of carbonyl (C=O) groups excluding carboxylic acids is 1. The summed E-state index contributed by atoms with van der Waals surface area (Å²) in [6, 6.07) is 18.6. The molecule has 0 bridgehead atoms. The number of nitrogens with one attached hydrogen (secondary N) is 1. The molecule has 0 heterocycles. The molecule has 5 nitrogen and oxygen atoms in total. The predicted octanol–water partition coefficient (Wildman–Crippen LogP) is 6.85. The van der Waals surface area contributed by atoms with Crippen LogP contribution in [0.3, 0.4) is 0 Å². The van der Waals surface area contributed by atoms with E-state index in [2.05, 4.69) is 27.3 Å². The van der Waals surface area contributed by atoms with Gasteiger partial charge < -0.3 is 14.8 Å². The predicted molar refractivity (Wildman–Crippen MR) is 135 cm³/mol. The van der Waals surface area contributed by atoms with E-state index in [0.29, 0.717) is 38.9 Å². The summed E-state index contributed by atoms with van der Waals surface area (Å²) < 4.78 is 12.1. The Bertz CT molecular complexity index is 1260. The van der Waals surface area contributed by atoms with Gasteiger partial charge in [0.2, 0.25) is 0 Å². The van der Waals surface area contributed by atoms with Crippen molar-refractivity contribution in [2.24, 2.45) is 0 Å². The molecule has 0 aromatic heterocycles. The van der Waals surface area contributed by atoms with E-state index in [1.807, 2.05) is 38.1 Å². The number of aryl methyl sites for hydroxylation is 2. The average Bonchev–Trinajstić information content (AvgIpc) is 2.78. The highest BCUT2D eigenvalue weighted by Crippen LogP contribution is 2.38. The summed E-state index contributed by atoms with van der Waals surface area (Å²) in [5.41, 5.74) is 4.14. The van der Waals surface area contributed by atoms with Crippen molar-refractivity contribution in [1.29, 1.82) is 5.26 Å². The van der Waals surface area contributed by atoms with E-state index in [1.54, 1.807) is 30.3 Å². The van der Waals surface area contributed by atoms with E-state index in [0.717, 1.165) is 16.7 Å². The van der Waals surface area contributed by atoms with Gasteiger partial charge in [-0.15, -0.1) is 0 Å². The average molecular weight is 526 g/mol. The molecule has 0 aliphatic rings. The van der Waals surface area contributed by atoms with E-state index < -0.39 is 5.91 Å². The Morgan fingerprint density at radius 1 is 1.18 bits per heavy atom. The number of ether oxygens (including phenoxy) is 2. The zero-order valence-electron chi connectivity index (χ0n) is 18.4. The lowest BCUT2D eigenvalue weighted by molar-refractivity contribution is -0.112. The van der Waals surface area contributed by atoms with Crippen molar-refractivity contribution in [1.82, 2.24) is 0 Å². The molecule has 0 radical (unpaired) electrons. The number of hydrogen-bond donors (Lipinski definition) is 1. The van der Waals surface area contributed by atoms with Crippen LogP contribution in [0.4, 0.5) is 5.69 Å². The van der Waals surface area contributed by atoms with Gasteiger partial charge in [-0.3, -0.25) is 4.79 Å². The lowest BCUT2D eigenvalue weighted by atomic mass is 10.1.